The van der Waals surface area contributed by atoms with Crippen molar-refractivity contribution in [1.29, 1.82) is 0 Å². The van der Waals surface area contributed by atoms with Crippen LogP contribution in [0.3, 0.4) is 0 Å². The van der Waals surface area contributed by atoms with Gasteiger partial charge in [-0.25, -0.2) is 0 Å². The summed E-state index contributed by atoms with van der Waals surface area (Å²) in [5.74, 6) is 1.31. The predicted molar refractivity (Wildman–Crippen MR) is 85.1 cm³/mol. The summed E-state index contributed by atoms with van der Waals surface area (Å²) in [6.45, 7) is 1.11. The number of benzene rings is 2. The van der Waals surface area contributed by atoms with Crippen LogP contribution in [-0.4, -0.2) is 13.6 Å². The van der Waals surface area contributed by atoms with Gasteiger partial charge in [0.05, 0.1) is 0 Å². The topological polar surface area (TPSA) is 12.0 Å². The van der Waals surface area contributed by atoms with Crippen LogP contribution < -0.4 is 5.32 Å². The molecule has 3 rings (SSSR count). The molecule has 0 saturated heterocycles. The smallest absolute Gasteiger partial charge is 0.0121 e. The third-order valence-electron chi connectivity index (χ3n) is 4.57. The zero-order valence-electron chi connectivity index (χ0n) is 12.2. The number of aryl methyl sites for hydroxylation is 1. The van der Waals surface area contributed by atoms with E-state index in [1.54, 1.807) is 11.1 Å². The van der Waals surface area contributed by atoms with Gasteiger partial charge >= 0.3 is 0 Å². The van der Waals surface area contributed by atoms with Crippen LogP contribution in [-0.2, 0) is 6.42 Å². The van der Waals surface area contributed by atoms with E-state index in [9.17, 15) is 0 Å². The lowest BCUT2D eigenvalue weighted by molar-refractivity contribution is 0.379. The van der Waals surface area contributed by atoms with Crippen molar-refractivity contribution in [2.24, 2.45) is 5.92 Å². The highest BCUT2D eigenvalue weighted by Crippen LogP contribution is 2.42. The molecule has 1 heteroatoms. The van der Waals surface area contributed by atoms with Gasteiger partial charge in [0.1, 0.15) is 0 Å². The minimum atomic E-state index is 0.564. The maximum atomic E-state index is 3.31. The van der Waals surface area contributed by atoms with Crippen LogP contribution in [0, 0.1) is 5.92 Å². The van der Waals surface area contributed by atoms with Crippen molar-refractivity contribution in [3.63, 3.8) is 0 Å². The second-order valence-electron chi connectivity index (χ2n) is 5.78. The monoisotopic (exact) mass is 265 g/mol. The van der Waals surface area contributed by atoms with Gasteiger partial charge in [0.15, 0.2) is 0 Å². The SMILES string of the molecule is CNCC[C@H]1CCc2ccccc2[C@H]1c1ccccc1. The molecule has 2 aromatic carbocycles. The van der Waals surface area contributed by atoms with Crippen molar-refractivity contribution in [3.05, 3.63) is 71.3 Å². The Morgan fingerprint density at radius 3 is 2.55 bits per heavy atom. The Morgan fingerprint density at radius 2 is 1.75 bits per heavy atom. The molecular formula is C19H23N. The Hall–Kier alpha value is -1.60. The van der Waals surface area contributed by atoms with Gasteiger partial charge in [-0.3, -0.25) is 0 Å². The van der Waals surface area contributed by atoms with Gasteiger partial charge in [0.25, 0.3) is 0 Å². The van der Waals surface area contributed by atoms with Crippen LogP contribution >= 0.6 is 0 Å². The lowest BCUT2D eigenvalue weighted by atomic mass is 9.70. The fourth-order valence-corrected chi connectivity index (χ4v) is 3.58. The highest BCUT2D eigenvalue weighted by Gasteiger charge is 2.29. The molecule has 0 aliphatic heterocycles. The first-order chi connectivity index (χ1) is 9.90. The van der Waals surface area contributed by atoms with Crippen LogP contribution in [0.5, 0.6) is 0 Å². The summed E-state index contributed by atoms with van der Waals surface area (Å²) in [5.41, 5.74) is 4.56. The average molecular weight is 265 g/mol. The van der Waals surface area contributed by atoms with Crippen molar-refractivity contribution in [3.8, 4) is 0 Å². The second kappa shape index (κ2) is 6.23. The van der Waals surface area contributed by atoms with E-state index in [-0.39, 0.29) is 0 Å². The molecule has 0 heterocycles. The molecule has 2 atom stereocenters. The quantitative estimate of drug-likeness (QED) is 0.881. The molecule has 2 aromatic rings. The summed E-state index contributed by atoms with van der Waals surface area (Å²) in [4.78, 5) is 0. The van der Waals surface area contributed by atoms with Crippen molar-refractivity contribution in [2.75, 3.05) is 13.6 Å². The molecule has 0 saturated carbocycles. The Bertz CT molecular complexity index is 547. The lowest BCUT2D eigenvalue weighted by Gasteiger charge is -2.34. The molecule has 20 heavy (non-hydrogen) atoms. The van der Waals surface area contributed by atoms with Crippen LogP contribution in [0.15, 0.2) is 54.6 Å². The molecule has 1 nitrogen and oxygen atoms in total. The zero-order valence-corrected chi connectivity index (χ0v) is 12.2. The zero-order chi connectivity index (χ0) is 13.8. The molecule has 1 aliphatic carbocycles. The summed E-state index contributed by atoms with van der Waals surface area (Å²) in [7, 11) is 2.05. The Labute approximate surface area is 122 Å². The van der Waals surface area contributed by atoms with Crippen molar-refractivity contribution in [1.82, 2.24) is 5.32 Å². The maximum absolute atomic E-state index is 3.31. The third kappa shape index (κ3) is 2.64. The van der Waals surface area contributed by atoms with Crippen molar-refractivity contribution < 1.29 is 0 Å². The van der Waals surface area contributed by atoms with Gasteiger partial charge in [-0.2, -0.15) is 0 Å². The first-order valence-electron chi connectivity index (χ1n) is 7.67. The number of fused-ring (bicyclic) bond motifs is 1. The Balaban J connectivity index is 1.98. The first kappa shape index (κ1) is 13.4. The molecule has 0 spiro atoms. The van der Waals surface area contributed by atoms with Gasteiger partial charge < -0.3 is 5.32 Å². The van der Waals surface area contributed by atoms with Crippen LogP contribution in [0.4, 0.5) is 0 Å². The van der Waals surface area contributed by atoms with E-state index in [1.807, 2.05) is 7.05 Å². The van der Waals surface area contributed by atoms with E-state index in [1.165, 1.54) is 24.8 Å². The van der Waals surface area contributed by atoms with E-state index in [0.717, 1.165) is 12.5 Å². The number of hydrogen-bond acceptors (Lipinski definition) is 1. The lowest BCUT2D eigenvalue weighted by Crippen LogP contribution is -2.25. The molecule has 0 amide bonds. The van der Waals surface area contributed by atoms with Gasteiger partial charge in [-0.1, -0.05) is 54.6 Å². The first-order valence-corrected chi connectivity index (χ1v) is 7.67. The van der Waals surface area contributed by atoms with Crippen LogP contribution in [0.2, 0.25) is 0 Å². The Kier molecular flexibility index (Phi) is 4.17. The number of nitrogens with one attached hydrogen (secondary N) is 1. The number of rotatable bonds is 4. The average Bonchev–Trinajstić information content (AvgIpc) is 2.53. The van der Waals surface area contributed by atoms with Crippen molar-refractivity contribution >= 4 is 0 Å². The summed E-state index contributed by atoms with van der Waals surface area (Å²) < 4.78 is 0. The van der Waals surface area contributed by atoms with E-state index >= 15 is 0 Å². The van der Waals surface area contributed by atoms with Crippen LogP contribution in [0.1, 0.15) is 35.4 Å². The summed E-state index contributed by atoms with van der Waals surface area (Å²) >= 11 is 0. The largest absolute Gasteiger partial charge is 0.320 e. The predicted octanol–water partition coefficient (Wildman–Crippen LogP) is 3.99. The van der Waals surface area contributed by atoms with Gasteiger partial charge in [-0.05, 0) is 55.5 Å². The van der Waals surface area contributed by atoms with Crippen molar-refractivity contribution in [2.45, 2.75) is 25.2 Å². The molecule has 0 fully saturated rings. The van der Waals surface area contributed by atoms with E-state index in [4.69, 9.17) is 0 Å². The highest BCUT2D eigenvalue weighted by atomic mass is 14.8. The minimum Gasteiger partial charge on any atom is -0.320 e. The van der Waals surface area contributed by atoms with E-state index < -0.39 is 0 Å². The number of hydrogen-bond donors (Lipinski definition) is 1. The molecule has 0 bridgehead atoms. The summed E-state index contributed by atoms with van der Waals surface area (Å²) in [5, 5.41) is 3.31. The third-order valence-corrected chi connectivity index (χ3v) is 4.57. The molecule has 104 valence electrons. The maximum Gasteiger partial charge on any atom is 0.0121 e. The normalized spacial score (nSPS) is 21.4. The molecule has 0 aromatic heterocycles. The molecule has 1 aliphatic rings. The highest BCUT2D eigenvalue weighted by molar-refractivity contribution is 5.40. The van der Waals surface area contributed by atoms with Gasteiger partial charge in [-0.15, -0.1) is 0 Å². The molecule has 0 unspecified atom stereocenters. The van der Waals surface area contributed by atoms with E-state index in [0.29, 0.717) is 5.92 Å². The fourth-order valence-electron chi connectivity index (χ4n) is 3.58. The minimum absolute atomic E-state index is 0.564. The summed E-state index contributed by atoms with van der Waals surface area (Å²) in [6, 6.07) is 20.0. The van der Waals surface area contributed by atoms with Gasteiger partial charge in [0, 0.05) is 5.92 Å². The standard InChI is InChI=1S/C19H23N/c1-20-14-13-17-12-11-15-7-5-6-10-18(15)19(17)16-8-3-2-4-9-16/h2-10,17,19-20H,11-14H2,1H3/t17-,19+/m1/s1. The molecule has 0 radical (unpaired) electrons. The summed E-state index contributed by atoms with van der Waals surface area (Å²) in [6.07, 6.45) is 3.79. The Morgan fingerprint density at radius 1 is 1.00 bits per heavy atom. The van der Waals surface area contributed by atoms with Crippen LogP contribution in [0.25, 0.3) is 0 Å². The second-order valence-corrected chi connectivity index (χ2v) is 5.78. The fraction of sp³-hybridized carbons (Fsp3) is 0.368. The molecule has 1 N–H and O–H groups in total. The molecular weight excluding hydrogens is 242 g/mol. The van der Waals surface area contributed by atoms with Gasteiger partial charge in [0.2, 0.25) is 0 Å². The van der Waals surface area contributed by atoms with E-state index in [2.05, 4.69) is 59.9 Å².